The van der Waals surface area contributed by atoms with Crippen molar-refractivity contribution in [3.8, 4) is 23.1 Å². The van der Waals surface area contributed by atoms with Crippen LogP contribution in [0.3, 0.4) is 0 Å². The molecule has 3 heterocycles. The molecule has 3 amide bonds. The zero-order valence-electron chi connectivity index (χ0n) is 18.5. The first-order chi connectivity index (χ1) is 16.4. The SMILES string of the molecule is CC#CC(=O)N1CCCC1c1nc(-c2ccc(C(=O)Nc3ccccn3)cc2)c(C(N)=O)n1N. The minimum atomic E-state index is -0.752. The fourth-order valence-corrected chi connectivity index (χ4v) is 3.98. The molecule has 0 spiro atoms. The van der Waals surface area contributed by atoms with Crippen LogP contribution in [-0.2, 0) is 4.79 Å². The average Bonchev–Trinajstić information content (AvgIpc) is 3.44. The molecule has 0 radical (unpaired) electrons. The monoisotopic (exact) mass is 457 g/mol. The van der Waals surface area contributed by atoms with Crippen LogP contribution in [0.5, 0.6) is 0 Å². The number of rotatable bonds is 5. The van der Waals surface area contributed by atoms with Gasteiger partial charge in [0.2, 0.25) is 0 Å². The summed E-state index contributed by atoms with van der Waals surface area (Å²) >= 11 is 0. The summed E-state index contributed by atoms with van der Waals surface area (Å²) in [5, 5.41) is 2.71. The van der Waals surface area contributed by atoms with Gasteiger partial charge >= 0.3 is 0 Å². The van der Waals surface area contributed by atoms with Crippen LogP contribution < -0.4 is 16.9 Å². The van der Waals surface area contributed by atoms with E-state index in [9.17, 15) is 14.4 Å². The average molecular weight is 457 g/mol. The van der Waals surface area contributed by atoms with Crippen molar-refractivity contribution >= 4 is 23.5 Å². The predicted octanol–water partition coefficient (Wildman–Crippen LogP) is 1.70. The second-order valence-corrected chi connectivity index (χ2v) is 7.68. The molecule has 1 aliphatic rings. The largest absolute Gasteiger partial charge is 0.364 e. The van der Waals surface area contributed by atoms with Crippen LogP contribution >= 0.6 is 0 Å². The number of likely N-dealkylation sites (tertiary alicyclic amines) is 1. The van der Waals surface area contributed by atoms with Crippen LogP contribution in [0.25, 0.3) is 11.3 Å². The van der Waals surface area contributed by atoms with Gasteiger partial charge in [0.15, 0.2) is 11.5 Å². The molecule has 5 N–H and O–H groups in total. The quantitative estimate of drug-likeness (QED) is 0.392. The molecule has 4 rings (SSSR count). The summed E-state index contributed by atoms with van der Waals surface area (Å²) in [6.07, 6.45) is 2.98. The van der Waals surface area contributed by atoms with E-state index >= 15 is 0 Å². The van der Waals surface area contributed by atoms with E-state index in [-0.39, 0.29) is 23.2 Å². The number of nitrogens with zero attached hydrogens (tertiary/aromatic N) is 4. The number of amides is 3. The number of carbonyl (C=O) groups excluding carboxylic acids is 3. The minimum Gasteiger partial charge on any atom is -0.364 e. The molecule has 0 aliphatic carbocycles. The summed E-state index contributed by atoms with van der Waals surface area (Å²) < 4.78 is 1.15. The second-order valence-electron chi connectivity index (χ2n) is 7.68. The number of nitrogen functional groups attached to an aromatic ring is 1. The normalized spacial score (nSPS) is 14.9. The molecule has 1 aliphatic heterocycles. The summed E-state index contributed by atoms with van der Waals surface area (Å²) in [4.78, 5) is 47.4. The maximum Gasteiger partial charge on any atom is 0.299 e. The Balaban J connectivity index is 1.65. The van der Waals surface area contributed by atoms with Crippen molar-refractivity contribution in [2.45, 2.75) is 25.8 Å². The molecule has 0 saturated carbocycles. The third-order valence-corrected chi connectivity index (χ3v) is 5.54. The van der Waals surface area contributed by atoms with Crippen molar-refractivity contribution < 1.29 is 14.4 Å². The molecule has 10 nitrogen and oxygen atoms in total. The van der Waals surface area contributed by atoms with Gasteiger partial charge in [0.1, 0.15) is 11.5 Å². The van der Waals surface area contributed by atoms with Crippen molar-refractivity contribution in [1.82, 2.24) is 19.5 Å². The lowest BCUT2D eigenvalue weighted by molar-refractivity contribution is -0.126. The lowest BCUT2D eigenvalue weighted by atomic mass is 10.1. The molecule has 1 unspecified atom stereocenters. The highest BCUT2D eigenvalue weighted by molar-refractivity contribution is 6.04. The van der Waals surface area contributed by atoms with E-state index in [4.69, 9.17) is 11.6 Å². The van der Waals surface area contributed by atoms with Gasteiger partial charge in [-0.3, -0.25) is 14.4 Å². The predicted molar refractivity (Wildman–Crippen MR) is 126 cm³/mol. The highest BCUT2D eigenvalue weighted by Gasteiger charge is 2.35. The molecule has 34 heavy (non-hydrogen) atoms. The first kappa shape index (κ1) is 22.5. The zero-order chi connectivity index (χ0) is 24.2. The van der Waals surface area contributed by atoms with Gasteiger partial charge in [0.05, 0.1) is 6.04 Å². The zero-order valence-corrected chi connectivity index (χ0v) is 18.5. The minimum absolute atomic E-state index is 0.0153. The van der Waals surface area contributed by atoms with Crippen molar-refractivity contribution in [1.29, 1.82) is 0 Å². The van der Waals surface area contributed by atoms with Gasteiger partial charge in [0.25, 0.3) is 17.7 Å². The summed E-state index contributed by atoms with van der Waals surface area (Å²) in [6, 6.07) is 11.3. The first-order valence-corrected chi connectivity index (χ1v) is 10.6. The molecular weight excluding hydrogens is 434 g/mol. The van der Waals surface area contributed by atoms with Crippen molar-refractivity contribution in [3.05, 3.63) is 65.7 Å². The fourth-order valence-electron chi connectivity index (χ4n) is 3.98. The smallest absolute Gasteiger partial charge is 0.299 e. The number of nitrogens with two attached hydrogens (primary N) is 2. The van der Waals surface area contributed by atoms with Crippen LogP contribution in [0, 0.1) is 11.8 Å². The van der Waals surface area contributed by atoms with E-state index in [2.05, 4.69) is 27.1 Å². The Morgan fingerprint density at radius 1 is 1.15 bits per heavy atom. The Hall–Kier alpha value is -4.65. The fraction of sp³-hybridized carbons (Fsp3) is 0.208. The number of benzene rings is 1. The van der Waals surface area contributed by atoms with E-state index in [1.54, 1.807) is 60.5 Å². The molecule has 3 aromatic rings. The van der Waals surface area contributed by atoms with Crippen LogP contribution in [0.1, 0.15) is 52.5 Å². The Morgan fingerprint density at radius 3 is 2.56 bits per heavy atom. The molecule has 1 saturated heterocycles. The lowest BCUT2D eigenvalue weighted by Gasteiger charge is -2.21. The number of hydrogen-bond acceptors (Lipinski definition) is 6. The number of nitrogens with one attached hydrogen (secondary N) is 1. The molecule has 0 bridgehead atoms. The van der Waals surface area contributed by atoms with Crippen LogP contribution in [0.15, 0.2) is 48.7 Å². The van der Waals surface area contributed by atoms with Gasteiger partial charge in [-0.15, -0.1) is 0 Å². The topological polar surface area (TPSA) is 149 Å². The molecule has 1 atom stereocenters. The molecule has 2 aromatic heterocycles. The number of aromatic nitrogens is 3. The highest BCUT2D eigenvalue weighted by atomic mass is 16.2. The van der Waals surface area contributed by atoms with E-state index < -0.39 is 11.9 Å². The highest BCUT2D eigenvalue weighted by Crippen LogP contribution is 2.34. The van der Waals surface area contributed by atoms with Crippen LogP contribution in [0.4, 0.5) is 5.82 Å². The van der Waals surface area contributed by atoms with Gasteiger partial charge < -0.3 is 21.8 Å². The van der Waals surface area contributed by atoms with E-state index in [1.807, 2.05) is 0 Å². The Labute approximate surface area is 195 Å². The summed E-state index contributed by atoms with van der Waals surface area (Å²) in [7, 11) is 0. The summed E-state index contributed by atoms with van der Waals surface area (Å²) in [6.45, 7) is 2.11. The third-order valence-electron chi connectivity index (χ3n) is 5.54. The number of imidazole rings is 1. The molecular formula is C24H23N7O3. The van der Waals surface area contributed by atoms with Crippen molar-refractivity contribution in [2.75, 3.05) is 17.7 Å². The molecule has 172 valence electrons. The van der Waals surface area contributed by atoms with Crippen molar-refractivity contribution in [3.63, 3.8) is 0 Å². The maximum absolute atomic E-state index is 12.5. The third kappa shape index (κ3) is 4.31. The van der Waals surface area contributed by atoms with Crippen LogP contribution in [0.2, 0.25) is 0 Å². The summed E-state index contributed by atoms with van der Waals surface area (Å²) in [5.74, 6) is 10.8. The van der Waals surface area contributed by atoms with E-state index in [1.165, 1.54) is 0 Å². The van der Waals surface area contributed by atoms with E-state index in [0.717, 1.165) is 11.1 Å². The van der Waals surface area contributed by atoms with Gasteiger partial charge in [0, 0.05) is 23.9 Å². The van der Waals surface area contributed by atoms with Crippen LogP contribution in [-0.4, -0.2) is 43.8 Å². The van der Waals surface area contributed by atoms with Crippen molar-refractivity contribution in [2.24, 2.45) is 5.73 Å². The van der Waals surface area contributed by atoms with Gasteiger partial charge in [-0.2, -0.15) is 0 Å². The summed E-state index contributed by atoms with van der Waals surface area (Å²) in [5.41, 5.74) is 6.86. The number of pyridine rings is 1. The molecule has 1 fully saturated rings. The number of anilines is 1. The Bertz CT molecular complexity index is 1300. The standard InChI is InChI=1S/C24H23N7O3/c1-2-6-19(32)30-14-5-7-17(30)23-29-20(21(22(25)33)31(23)26)15-9-11-16(12-10-15)24(34)28-18-8-3-4-13-27-18/h3-4,8-13,17H,5,7,14,26H2,1H3,(H2,25,33)(H,27,28,34). The number of carbonyl (C=O) groups is 3. The van der Waals surface area contributed by atoms with Gasteiger partial charge in [-0.05, 0) is 50.0 Å². The van der Waals surface area contributed by atoms with Gasteiger partial charge in [-0.25, -0.2) is 14.6 Å². The number of primary amides is 1. The number of hydrogen-bond donors (Lipinski definition) is 3. The Kier molecular flexibility index (Phi) is 6.27. The molecule has 10 heteroatoms. The van der Waals surface area contributed by atoms with E-state index in [0.29, 0.717) is 35.7 Å². The van der Waals surface area contributed by atoms with Gasteiger partial charge in [-0.1, -0.05) is 24.1 Å². The molecule has 1 aromatic carbocycles. The lowest BCUT2D eigenvalue weighted by Crippen LogP contribution is -2.33. The Morgan fingerprint density at radius 2 is 1.91 bits per heavy atom. The first-order valence-electron chi connectivity index (χ1n) is 10.6. The second kappa shape index (κ2) is 9.46. The maximum atomic E-state index is 12.5.